The third-order valence-corrected chi connectivity index (χ3v) is 3.69. The maximum absolute atomic E-state index is 12.3. The number of benzene rings is 1. The molecule has 122 valence electrons. The molecule has 0 N–H and O–H groups in total. The molecule has 0 atom stereocenters. The van der Waals surface area contributed by atoms with Crippen LogP contribution in [0.2, 0.25) is 0 Å². The summed E-state index contributed by atoms with van der Waals surface area (Å²) in [6.07, 6.45) is 1.67. The molecule has 0 bridgehead atoms. The summed E-state index contributed by atoms with van der Waals surface area (Å²) in [5.41, 5.74) is 0.634. The van der Waals surface area contributed by atoms with Crippen LogP contribution in [-0.2, 0) is 18.8 Å². The molecule has 0 aromatic heterocycles. The third-order valence-electron chi connectivity index (χ3n) is 3.69. The number of nitrogens with zero attached hydrogens (tertiary/aromatic N) is 4. The number of carbonyl (C=O) groups is 1. The molecule has 2 aliphatic heterocycles. The van der Waals surface area contributed by atoms with Gasteiger partial charge in [-0.25, -0.2) is 14.6 Å². The molecule has 8 heteroatoms. The lowest BCUT2D eigenvalue weighted by Crippen LogP contribution is -2.36. The summed E-state index contributed by atoms with van der Waals surface area (Å²) in [5, 5.41) is 0. The third kappa shape index (κ3) is 2.47. The summed E-state index contributed by atoms with van der Waals surface area (Å²) in [6, 6.07) is 6.65. The van der Waals surface area contributed by atoms with Gasteiger partial charge in [-0.3, -0.25) is 9.36 Å². The number of rotatable bonds is 2. The van der Waals surface area contributed by atoms with E-state index < -0.39 is 17.2 Å². The Balaban J connectivity index is 2.18. The van der Waals surface area contributed by atoms with Crippen LogP contribution in [0.15, 0.2) is 40.1 Å². The second-order valence-electron chi connectivity index (χ2n) is 5.24. The largest absolute Gasteiger partial charge is 0.465 e. The van der Waals surface area contributed by atoms with Gasteiger partial charge < -0.3 is 9.30 Å². The highest BCUT2D eigenvalue weighted by atomic mass is 16.5. The lowest BCUT2D eigenvalue weighted by molar-refractivity contribution is 0.0601. The number of ether oxygens (including phenoxy) is 1. The number of carbonyl (C=O) groups excluding carboxylic acids is 1. The topological polar surface area (TPSA) is 96.1 Å². The normalized spacial score (nSPS) is 10.8. The molecular formula is C16H14N4O4. The Morgan fingerprint density at radius 2 is 1.75 bits per heavy atom. The fourth-order valence-corrected chi connectivity index (χ4v) is 2.33. The quantitative estimate of drug-likeness (QED) is 0.634. The molecule has 0 unspecified atom stereocenters. The smallest absolute Gasteiger partial charge is 0.352 e. The van der Waals surface area contributed by atoms with E-state index in [-0.39, 0.29) is 11.5 Å². The summed E-state index contributed by atoms with van der Waals surface area (Å²) in [6.45, 7) is 0. The summed E-state index contributed by atoms with van der Waals surface area (Å²) >= 11 is 0. The Morgan fingerprint density at radius 3 is 2.38 bits per heavy atom. The van der Waals surface area contributed by atoms with Crippen LogP contribution in [0.3, 0.4) is 0 Å². The molecule has 0 saturated heterocycles. The highest BCUT2D eigenvalue weighted by Gasteiger charge is 2.18. The molecule has 0 saturated carbocycles. The monoisotopic (exact) mass is 326 g/mol. The van der Waals surface area contributed by atoms with Crippen molar-refractivity contribution in [3.63, 3.8) is 0 Å². The van der Waals surface area contributed by atoms with Gasteiger partial charge in [0.1, 0.15) is 0 Å². The predicted octanol–water partition coefficient (Wildman–Crippen LogP) is 0.432. The van der Waals surface area contributed by atoms with Crippen molar-refractivity contribution in [3.05, 3.63) is 56.9 Å². The molecule has 24 heavy (non-hydrogen) atoms. The number of esters is 1. The van der Waals surface area contributed by atoms with Crippen molar-refractivity contribution in [2.24, 2.45) is 14.1 Å². The zero-order chi connectivity index (χ0) is 17.4. The number of hydrogen-bond donors (Lipinski definition) is 0. The van der Waals surface area contributed by atoms with Crippen LogP contribution in [0.4, 0.5) is 0 Å². The Kier molecular flexibility index (Phi) is 3.72. The second kappa shape index (κ2) is 5.73. The van der Waals surface area contributed by atoms with Crippen molar-refractivity contribution >= 4 is 5.97 Å². The maximum atomic E-state index is 12.3. The molecular weight excluding hydrogens is 312 g/mol. The van der Waals surface area contributed by atoms with Crippen LogP contribution in [0.1, 0.15) is 10.4 Å². The molecule has 2 aliphatic rings. The maximum Gasteiger partial charge on any atom is 0.352 e. The van der Waals surface area contributed by atoms with Gasteiger partial charge in [0.05, 0.1) is 18.4 Å². The van der Waals surface area contributed by atoms with Gasteiger partial charge in [0.2, 0.25) is 0 Å². The number of hydrogen-bond acceptors (Lipinski definition) is 6. The van der Waals surface area contributed by atoms with Crippen molar-refractivity contribution in [1.82, 2.24) is 19.1 Å². The molecule has 3 rings (SSSR count). The van der Waals surface area contributed by atoms with Gasteiger partial charge in [0.15, 0.2) is 11.5 Å². The van der Waals surface area contributed by atoms with E-state index in [4.69, 9.17) is 0 Å². The van der Waals surface area contributed by atoms with Gasteiger partial charge >= 0.3 is 11.7 Å². The van der Waals surface area contributed by atoms with Gasteiger partial charge in [-0.2, -0.15) is 4.98 Å². The summed E-state index contributed by atoms with van der Waals surface area (Å²) < 4.78 is 7.15. The standard InChI is InChI=1S/C16H14N4O4/c1-19-8-11(9-4-6-10(7-5-9)15(22)24-3)17-12-13(19)18-16(23)20(2)14(12)21/h4-8H,1-3H3. The van der Waals surface area contributed by atoms with Crippen molar-refractivity contribution in [2.75, 3.05) is 7.11 Å². The van der Waals surface area contributed by atoms with Crippen LogP contribution in [0.25, 0.3) is 22.8 Å². The Morgan fingerprint density at radius 1 is 1.08 bits per heavy atom. The van der Waals surface area contributed by atoms with Crippen LogP contribution in [-0.4, -0.2) is 32.2 Å². The SMILES string of the molecule is COC(=O)c1ccc(-c2cn(C)c3nc(=O)n(C)c(=O)c-3n2)cc1. The van der Waals surface area contributed by atoms with Gasteiger partial charge in [-0.05, 0) is 12.1 Å². The average molecular weight is 326 g/mol. The molecule has 1 aromatic carbocycles. The Labute approximate surface area is 136 Å². The minimum Gasteiger partial charge on any atom is -0.465 e. The average Bonchev–Trinajstić information content (AvgIpc) is 2.60. The summed E-state index contributed by atoms with van der Waals surface area (Å²) in [7, 11) is 4.35. The summed E-state index contributed by atoms with van der Waals surface area (Å²) in [4.78, 5) is 43.6. The molecule has 0 radical (unpaired) electrons. The van der Waals surface area contributed by atoms with Gasteiger partial charge in [0, 0.05) is 25.9 Å². The Hall–Kier alpha value is -3.29. The summed E-state index contributed by atoms with van der Waals surface area (Å²) in [5.74, 6) is -0.211. The first-order chi connectivity index (χ1) is 11.4. The van der Waals surface area contributed by atoms with Gasteiger partial charge in [0.25, 0.3) is 5.56 Å². The van der Waals surface area contributed by atoms with E-state index in [1.165, 1.54) is 14.2 Å². The van der Waals surface area contributed by atoms with Crippen molar-refractivity contribution in [2.45, 2.75) is 0 Å². The second-order valence-corrected chi connectivity index (χ2v) is 5.24. The van der Waals surface area contributed by atoms with Crippen molar-refractivity contribution in [1.29, 1.82) is 0 Å². The molecule has 0 amide bonds. The molecule has 0 fully saturated rings. The first kappa shape index (κ1) is 15.6. The number of aromatic nitrogens is 4. The number of fused-ring (bicyclic) bond motifs is 1. The number of aryl methyl sites for hydroxylation is 1. The van der Waals surface area contributed by atoms with E-state index in [0.29, 0.717) is 16.8 Å². The molecule has 0 aliphatic carbocycles. The molecule has 8 nitrogen and oxygen atoms in total. The lowest BCUT2D eigenvalue weighted by Gasteiger charge is -2.12. The van der Waals surface area contributed by atoms with E-state index in [2.05, 4.69) is 14.7 Å². The van der Waals surface area contributed by atoms with Crippen molar-refractivity contribution in [3.8, 4) is 22.8 Å². The van der Waals surface area contributed by atoms with E-state index in [0.717, 1.165) is 4.57 Å². The predicted molar refractivity (Wildman–Crippen MR) is 85.9 cm³/mol. The number of methoxy groups -OCH3 is 1. The lowest BCUT2D eigenvalue weighted by atomic mass is 10.1. The first-order valence-corrected chi connectivity index (χ1v) is 7.05. The first-order valence-electron chi connectivity index (χ1n) is 7.05. The zero-order valence-corrected chi connectivity index (χ0v) is 13.3. The van der Waals surface area contributed by atoms with Gasteiger partial charge in [-0.15, -0.1) is 0 Å². The van der Waals surface area contributed by atoms with Gasteiger partial charge in [-0.1, -0.05) is 12.1 Å². The Bertz CT molecular complexity index is 1020. The van der Waals surface area contributed by atoms with E-state index in [1.54, 1.807) is 42.1 Å². The molecule has 2 heterocycles. The van der Waals surface area contributed by atoms with Crippen molar-refractivity contribution < 1.29 is 9.53 Å². The van der Waals surface area contributed by atoms with Crippen LogP contribution >= 0.6 is 0 Å². The van der Waals surface area contributed by atoms with Crippen LogP contribution in [0.5, 0.6) is 0 Å². The molecule has 0 spiro atoms. The minimum atomic E-state index is -0.625. The van der Waals surface area contributed by atoms with E-state index in [9.17, 15) is 14.4 Å². The van der Waals surface area contributed by atoms with E-state index in [1.807, 2.05) is 0 Å². The zero-order valence-electron chi connectivity index (χ0n) is 13.3. The van der Waals surface area contributed by atoms with E-state index >= 15 is 0 Å². The highest BCUT2D eigenvalue weighted by molar-refractivity contribution is 5.89. The van der Waals surface area contributed by atoms with Crippen LogP contribution in [0, 0.1) is 0 Å². The molecule has 1 aromatic rings. The highest BCUT2D eigenvalue weighted by Crippen LogP contribution is 2.21. The fraction of sp³-hybridized carbons (Fsp3) is 0.188. The fourth-order valence-electron chi connectivity index (χ4n) is 2.33. The van der Waals surface area contributed by atoms with Crippen LogP contribution < -0.4 is 11.2 Å². The minimum absolute atomic E-state index is 0.106.